The maximum absolute atomic E-state index is 13.5. The first kappa shape index (κ1) is 10.6. The summed E-state index contributed by atoms with van der Waals surface area (Å²) in [5, 5.41) is 19.0. The van der Waals surface area contributed by atoms with Gasteiger partial charge in [0.15, 0.2) is 0 Å². The number of aliphatic hydroxyl groups is 1. The topological polar surface area (TPSA) is 40.5 Å². The summed E-state index contributed by atoms with van der Waals surface area (Å²) < 4.78 is 13.5. The van der Waals surface area contributed by atoms with E-state index in [1.165, 1.54) is 12.1 Å². The summed E-state index contributed by atoms with van der Waals surface area (Å²) in [6, 6.07) is 12.5. The second-order valence-electron chi connectivity index (χ2n) is 3.52. The number of benzene rings is 2. The Bertz CT molecular complexity index is 483. The fourth-order valence-corrected chi connectivity index (χ4v) is 1.55. The monoisotopic (exact) mass is 218 g/mol. The van der Waals surface area contributed by atoms with E-state index in [1.807, 2.05) is 6.07 Å². The molecule has 0 spiro atoms. The van der Waals surface area contributed by atoms with Gasteiger partial charge in [-0.2, -0.15) is 0 Å². The average molecular weight is 218 g/mol. The molecule has 3 heteroatoms. The molecule has 1 atom stereocenters. The van der Waals surface area contributed by atoms with Gasteiger partial charge in [-0.05, 0) is 17.7 Å². The normalized spacial score (nSPS) is 12.4. The highest BCUT2D eigenvalue weighted by Gasteiger charge is 2.14. The fourth-order valence-electron chi connectivity index (χ4n) is 1.55. The molecule has 0 radical (unpaired) electrons. The molecule has 16 heavy (non-hydrogen) atoms. The van der Waals surface area contributed by atoms with Crippen LogP contribution in [0.1, 0.15) is 17.2 Å². The predicted molar refractivity (Wildman–Crippen MR) is 58.6 cm³/mol. The van der Waals surface area contributed by atoms with Crippen LogP contribution in [-0.4, -0.2) is 10.2 Å². The van der Waals surface area contributed by atoms with Crippen LogP contribution in [0.15, 0.2) is 48.5 Å². The van der Waals surface area contributed by atoms with E-state index in [1.54, 1.807) is 24.3 Å². The third-order valence-corrected chi connectivity index (χ3v) is 2.39. The Balaban J connectivity index is 2.38. The Morgan fingerprint density at radius 3 is 2.31 bits per heavy atom. The zero-order valence-electron chi connectivity index (χ0n) is 8.47. The standard InChI is InChI=1S/C13H11FO2/c14-12-8-10(15)6-7-11(12)13(16)9-4-2-1-3-5-9/h1-8,13,15-16H. The van der Waals surface area contributed by atoms with Crippen LogP contribution < -0.4 is 0 Å². The van der Waals surface area contributed by atoms with Crippen LogP contribution in [0.25, 0.3) is 0 Å². The van der Waals surface area contributed by atoms with Crippen molar-refractivity contribution in [3.05, 3.63) is 65.5 Å². The largest absolute Gasteiger partial charge is 0.508 e. The van der Waals surface area contributed by atoms with Crippen LogP contribution in [0.4, 0.5) is 4.39 Å². The number of halogens is 1. The van der Waals surface area contributed by atoms with Crippen LogP contribution >= 0.6 is 0 Å². The number of rotatable bonds is 2. The minimum absolute atomic E-state index is 0.151. The molecule has 0 saturated heterocycles. The first-order chi connectivity index (χ1) is 7.68. The lowest BCUT2D eigenvalue weighted by molar-refractivity contribution is 0.215. The minimum Gasteiger partial charge on any atom is -0.508 e. The first-order valence-corrected chi connectivity index (χ1v) is 4.90. The Hall–Kier alpha value is -1.87. The number of phenolic OH excluding ortho intramolecular Hbond substituents is 1. The maximum atomic E-state index is 13.5. The van der Waals surface area contributed by atoms with Gasteiger partial charge in [0.2, 0.25) is 0 Å². The van der Waals surface area contributed by atoms with Crippen molar-refractivity contribution >= 4 is 0 Å². The van der Waals surface area contributed by atoms with Gasteiger partial charge in [0.25, 0.3) is 0 Å². The maximum Gasteiger partial charge on any atom is 0.133 e. The molecule has 0 aromatic heterocycles. The molecule has 2 N–H and O–H groups in total. The second-order valence-corrected chi connectivity index (χ2v) is 3.52. The molecule has 2 nitrogen and oxygen atoms in total. The van der Waals surface area contributed by atoms with E-state index in [0.29, 0.717) is 5.56 Å². The minimum atomic E-state index is -1.01. The molecule has 0 heterocycles. The Morgan fingerprint density at radius 1 is 1.00 bits per heavy atom. The van der Waals surface area contributed by atoms with Gasteiger partial charge in [-0.3, -0.25) is 0 Å². The van der Waals surface area contributed by atoms with E-state index >= 15 is 0 Å². The summed E-state index contributed by atoms with van der Waals surface area (Å²) in [5.74, 6) is -0.766. The number of aliphatic hydroxyl groups excluding tert-OH is 1. The molecule has 0 aliphatic rings. The van der Waals surface area contributed by atoms with Gasteiger partial charge in [-0.15, -0.1) is 0 Å². The van der Waals surface area contributed by atoms with Crippen molar-refractivity contribution in [3.63, 3.8) is 0 Å². The van der Waals surface area contributed by atoms with Gasteiger partial charge >= 0.3 is 0 Å². The third kappa shape index (κ3) is 2.04. The van der Waals surface area contributed by atoms with E-state index in [-0.39, 0.29) is 11.3 Å². The van der Waals surface area contributed by atoms with Crippen LogP contribution in [0, 0.1) is 5.82 Å². The Labute approximate surface area is 92.6 Å². The van der Waals surface area contributed by atoms with Crippen molar-refractivity contribution in [2.75, 3.05) is 0 Å². The summed E-state index contributed by atoms with van der Waals surface area (Å²) in [5.41, 5.74) is 0.774. The molecule has 2 rings (SSSR count). The molecule has 0 aliphatic heterocycles. The molecular formula is C13H11FO2. The van der Waals surface area contributed by atoms with Crippen LogP contribution in [0.3, 0.4) is 0 Å². The number of hydrogen-bond acceptors (Lipinski definition) is 2. The van der Waals surface area contributed by atoms with E-state index < -0.39 is 11.9 Å². The summed E-state index contributed by atoms with van der Waals surface area (Å²) in [4.78, 5) is 0. The molecule has 0 saturated carbocycles. The fraction of sp³-hybridized carbons (Fsp3) is 0.0769. The molecule has 0 amide bonds. The molecular weight excluding hydrogens is 207 g/mol. The molecule has 2 aromatic carbocycles. The SMILES string of the molecule is Oc1ccc(C(O)c2ccccc2)c(F)c1. The lowest BCUT2D eigenvalue weighted by Gasteiger charge is -2.12. The number of aromatic hydroxyl groups is 1. The summed E-state index contributed by atoms with van der Waals surface area (Å²) in [7, 11) is 0. The van der Waals surface area contributed by atoms with E-state index in [4.69, 9.17) is 5.11 Å². The molecule has 2 aromatic rings. The number of hydrogen-bond donors (Lipinski definition) is 2. The van der Waals surface area contributed by atoms with Gasteiger partial charge in [0.05, 0.1) is 0 Å². The van der Waals surface area contributed by atoms with Crippen molar-refractivity contribution in [2.45, 2.75) is 6.10 Å². The van der Waals surface area contributed by atoms with E-state index in [0.717, 1.165) is 6.07 Å². The zero-order chi connectivity index (χ0) is 11.5. The smallest absolute Gasteiger partial charge is 0.133 e. The highest BCUT2D eigenvalue weighted by atomic mass is 19.1. The van der Waals surface area contributed by atoms with Gasteiger partial charge < -0.3 is 10.2 Å². The average Bonchev–Trinajstić information content (AvgIpc) is 2.29. The van der Waals surface area contributed by atoms with Crippen molar-refractivity contribution < 1.29 is 14.6 Å². The lowest BCUT2D eigenvalue weighted by Crippen LogP contribution is -2.01. The molecule has 0 bridgehead atoms. The van der Waals surface area contributed by atoms with Crippen molar-refractivity contribution in [2.24, 2.45) is 0 Å². The molecule has 82 valence electrons. The van der Waals surface area contributed by atoms with Gasteiger partial charge in [0.1, 0.15) is 17.7 Å². The highest BCUT2D eigenvalue weighted by molar-refractivity contribution is 5.34. The Kier molecular flexibility index (Phi) is 2.88. The van der Waals surface area contributed by atoms with Crippen molar-refractivity contribution in [3.8, 4) is 5.75 Å². The molecule has 0 aliphatic carbocycles. The quantitative estimate of drug-likeness (QED) is 0.813. The Morgan fingerprint density at radius 2 is 1.69 bits per heavy atom. The van der Waals surface area contributed by atoms with Gasteiger partial charge in [-0.1, -0.05) is 30.3 Å². The van der Waals surface area contributed by atoms with E-state index in [9.17, 15) is 9.50 Å². The summed E-state index contributed by atoms with van der Waals surface area (Å²) in [6.07, 6.45) is -1.01. The van der Waals surface area contributed by atoms with Crippen molar-refractivity contribution in [1.82, 2.24) is 0 Å². The first-order valence-electron chi connectivity index (χ1n) is 4.90. The van der Waals surface area contributed by atoms with Crippen LogP contribution in [0.5, 0.6) is 5.75 Å². The highest BCUT2D eigenvalue weighted by Crippen LogP contribution is 2.26. The lowest BCUT2D eigenvalue weighted by atomic mass is 10.0. The second kappa shape index (κ2) is 4.33. The molecule has 0 fully saturated rings. The third-order valence-electron chi connectivity index (χ3n) is 2.39. The summed E-state index contributed by atoms with van der Waals surface area (Å²) >= 11 is 0. The van der Waals surface area contributed by atoms with E-state index in [2.05, 4.69) is 0 Å². The zero-order valence-corrected chi connectivity index (χ0v) is 8.47. The van der Waals surface area contributed by atoms with Crippen LogP contribution in [-0.2, 0) is 0 Å². The van der Waals surface area contributed by atoms with Gasteiger partial charge in [-0.25, -0.2) is 4.39 Å². The van der Waals surface area contributed by atoms with Crippen molar-refractivity contribution in [1.29, 1.82) is 0 Å². The summed E-state index contributed by atoms with van der Waals surface area (Å²) in [6.45, 7) is 0. The predicted octanol–water partition coefficient (Wildman–Crippen LogP) is 2.61. The molecule has 1 unspecified atom stereocenters. The van der Waals surface area contributed by atoms with Crippen LogP contribution in [0.2, 0.25) is 0 Å². The number of phenols is 1. The van der Waals surface area contributed by atoms with Gasteiger partial charge in [0, 0.05) is 11.6 Å².